The van der Waals surface area contributed by atoms with Crippen molar-refractivity contribution in [2.24, 2.45) is 0 Å². The van der Waals surface area contributed by atoms with E-state index in [0.29, 0.717) is 21.3 Å². The summed E-state index contributed by atoms with van der Waals surface area (Å²) >= 11 is 8.18. The molecule has 0 aliphatic rings. The molecule has 0 aliphatic heterocycles. The van der Waals surface area contributed by atoms with Crippen LogP contribution in [0.25, 0.3) is 0 Å². The second-order valence-electron chi connectivity index (χ2n) is 4.60. The molecule has 0 radical (unpaired) electrons. The highest BCUT2D eigenvalue weighted by atomic mass is 127. The maximum absolute atomic E-state index is 12.0. The molecule has 0 aliphatic carbocycles. The molecular formula is C15H14ClIN2O2. The van der Waals surface area contributed by atoms with Crippen LogP contribution in [0.4, 0.5) is 11.4 Å². The average Bonchev–Trinajstić information content (AvgIpc) is 2.42. The number of hydrogen-bond donors (Lipinski definition) is 2. The van der Waals surface area contributed by atoms with Gasteiger partial charge in [-0.3, -0.25) is 10.0 Å². The Balaban J connectivity index is 2.42. The van der Waals surface area contributed by atoms with Crippen LogP contribution >= 0.6 is 34.2 Å². The molecule has 0 aromatic heterocycles. The zero-order valence-corrected chi connectivity index (χ0v) is 14.4. The van der Waals surface area contributed by atoms with Crippen molar-refractivity contribution in [3.8, 4) is 0 Å². The Labute approximate surface area is 141 Å². The highest BCUT2D eigenvalue weighted by molar-refractivity contribution is 14.1. The second-order valence-corrected chi connectivity index (χ2v) is 6.28. The fourth-order valence-electron chi connectivity index (χ4n) is 1.89. The topological polar surface area (TPSA) is 52.6 Å². The van der Waals surface area contributed by atoms with E-state index in [1.54, 1.807) is 12.1 Å². The van der Waals surface area contributed by atoms with Crippen molar-refractivity contribution in [2.75, 3.05) is 12.4 Å². The third-order valence-electron chi connectivity index (χ3n) is 2.96. The maximum Gasteiger partial charge on any atom is 0.279 e. The lowest BCUT2D eigenvalue weighted by Gasteiger charge is -2.16. The van der Waals surface area contributed by atoms with Gasteiger partial charge < -0.3 is 5.32 Å². The van der Waals surface area contributed by atoms with Crippen molar-refractivity contribution in [1.29, 1.82) is 0 Å². The third kappa shape index (κ3) is 3.87. The van der Waals surface area contributed by atoms with Gasteiger partial charge >= 0.3 is 0 Å². The largest absolute Gasteiger partial charge is 0.355 e. The first-order valence-corrected chi connectivity index (χ1v) is 7.64. The summed E-state index contributed by atoms with van der Waals surface area (Å²) < 4.78 is 1.14. The number of carbonyl (C=O) groups is 1. The van der Waals surface area contributed by atoms with Crippen molar-refractivity contribution < 1.29 is 10.0 Å². The Morgan fingerprint density at radius 1 is 1.24 bits per heavy atom. The van der Waals surface area contributed by atoms with Gasteiger partial charge in [-0.25, -0.2) is 5.06 Å². The lowest BCUT2D eigenvalue weighted by Crippen LogP contribution is -2.23. The number of hydroxylamine groups is 2. The van der Waals surface area contributed by atoms with Gasteiger partial charge in [0.15, 0.2) is 0 Å². The maximum atomic E-state index is 12.0. The predicted molar refractivity (Wildman–Crippen MR) is 92.5 cm³/mol. The smallest absolute Gasteiger partial charge is 0.279 e. The number of amides is 1. The van der Waals surface area contributed by atoms with E-state index in [9.17, 15) is 10.0 Å². The van der Waals surface area contributed by atoms with E-state index < -0.39 is 5.91 Å². The standard InChI is InChI=1S/C15H14ClIN2O2/c1-9-7-11(17)4-6-13(9)18-14-5-3-10(16)8-12(14)15(20)19(2)21/h3-8,18,21H,1-2H3. The Kier molecular flexibility index (Phi) is 5.08. The van der Waals surface area contributed by atoms with E-state index in [0.717, 1.165) is 14.8 Å². The number of carbonyl (C=O) groups excluding carboxylic acids is 1. The normalized spacial score (nSPS) is 10.3. The summed E-state index contributed by atoms with van der Waals surface area (Å²) in [6.07, 6.45) is 0. The molecular weight excluding hydrogens is 403 g/mol. The SMILES string of the molecule is Cc1cc(I)ccc1Nc1ccc(Cl)cc1C(=O)N(C)O. The monoisotopic (exact) mass is 416 g/mol. The highest BCUT2D eigenvalue weighted by Crippen LogP contribution is 2.27. The number of benzene rings is 2. The Morgan fingerprint density at radius 3 is 2.52 bits per heavy atom. The molecule has 6 heteroatoms. The van der Waals surface area contributed by atoms with Gasteiger partial charge in [0.1, 0.15) is 0 Å². The first-order chi connectivity index (χ1) is 9.88. The lowest BCUT2D eigenvalue weighted by atomic mass is 10.1. The molecule has 0 unspecified atom stereocenters. The average molecular weight is 417 g/mol. The van der Waals surface area contributed by atoms with Crippen molar-refractivity contribution in [3.05, 3.63) is 56.1 Å². The van der Waals surface area contributed by atoms with Gasteiger partial charge in [-0.2, -0.15) is 0 Å². The molecule has 0 saturated heterocycles. The molecule has 0 saturated carbocycles. The molecule has 21 heavy (non-hydrogen) atoms. The van der Waals surface area contributed by atoms with Crippen molar-refractivity contribution in [1.82, 2.24) is 5.06 Å². The number of nitrogens with one attached hydrogen (secondary N) is 1. The minimum absolute atomic E-state index is 0.311. The predicted octanol–water partition coefficient (Wildman–Crippen LogP) is 4.46. The van der Waals surface area contributed by atoms with Gasteiger partial charge in [0.05, 0.1) is 11.3 Å². The summed E-state index contributed by atoms with van der Waals surface area (Å²) in [4.78, 5) is 12.0. The first kappa shape index (κ1) is 16.1. The third-order valence-corrected chi connectivity index (χ3v) is 3.87. The number of nitrogens with zero attached hydrogens (tertiary/aromatic N) is 1. The van der Waals surface area contributed by atoms with Gasteiger partial charge in [0.2, 0.25) is 0 Å². The van der Waals surface area contributed by atoms with Crippen LogP contribution in [0, 0.1) is 10.5 Å². The summed E-state index contributed by atoms with van der Waals surface area (Å²) in [5.41, 5.74) is 2.86. The molecule has 2 aromatic carbocycles. The fourth-order valence-corrected chi connectivity index (χ4v) is 2.71. The van der Waals surface area contributed by atoms with Crippen molar-refractivity contribution in [2.45, 2.75) is 6.92 Å². The molecule has 110 valence electrons. The van der Waals surface area contributed by atoms with Gasteiger partial charge in [0.25, 0.3) is 5.91 Å². The fraction of sp³-hybridized carbons (Fsp3) is 0.133. The summed E-state index contributed by atoms with van der Waals surface area (Å²) in [7, 11) is 1.28. The van der Waals surface area contributed by atoms with Crippen LogP contribution in [-0.2, 0) is 0 Å². The van der Waals surface area contributed by atoms with Crippen LogP contribution < -0.4 is 5.32 Å². The van der Waals surface area contributed by atoms with Crippen LogP contribution in [0.1, 0.15) is 15.9 Å². The van der Waals surface area contributed by atoms with E-state index in [4.69, 9.17) is 11.6 Å². The first-order valence-electron chi connectivity index (χ1n) is 6.18. The molecule has 2 N–H and O–H groups in total. The highest BCUT2D eigenvalue weighted by Gasteiger charge is 2.16. The van der Waals surface area contributed by atoms with E-state index >= 15 is 0 Å². The minimum atomic E-state index is -0.525. The zero-order valence-electron chi connectivity index (χ0n) is 11.5. The van der Waals surface area contributed by atoms with E-state index in [-0.39, 0.29) is 0 Å². The zero-order chi connectivity index (χ0) is 15.6. The van der Waals surface area contributed by atoms with Gasteiger partial charge in [-0.15, -0.1) is 0 Å². The molecule has 0 fully saturated rings. The molecule has 0 spiro atoms. The number of aryl methyl sites for hydroxylation is 1. The number of hydrogen-bond acceptors (Lipinski definition) is 3. The van der Waals surface area contributed by atoms with Crippen LogP contribution in [0.5, 0.6) is 0 Å². The Bertz CT molecular complexity index is 689. The van der Waals surface area contributed by atoms with Crippen LogP contribution in [0.15, 0.2) is 36.4 Å². The number of halogens is 2. The molecule has 1 amide bonds. The summed E-state index contributed by atoms with van der Waals surface area (Å²) in [6, 6.07) is 10.9. The Hall–Kier alpha value is -1.31. The molecule has 2 rings (SSSR count). The molecule has 0 bridgehead atoms. The summed E-state index contributed by atoms with van der Waals surface area (Å²) in [5.74, 6) is -0.525. The summed E-state index contributed by atoms with van der Waals surface area (Å²) in [5, 5.41) is 13.5. The Morgan fingerprint density at radius 2 is 1.90 bits per heavy atom. The summed E-state index contributed by atoms with van der Waals surface area (Å²) in [6.45, 7) is 1.99. The van der Waals surface area contributed by atoms with E-state index in [1.165, 1.54) is 13.1 Å². The number of anilines is 2. The van der Waals surface area contributed by atoms with Crippen molar-refractivity contribution in [3.63, 3.8) is 0 Å². The van der Waals surface area contributed by atoms with Gasteiger partial charge in [-0.05, 0) is 71.5 Å². The molecule has 4 nitrogen and oxygen atoms in total. The van der Waals surface area contributed by atoms with Crippen LogP contribution in [0.2, 0.25) is 5.02 Å². The minimum Gasteiger partial charge on any atom is -0.355 e. The molecule has 2 aromatic rings. The molecule has 0 atom stereocenters. The van der Waals surface area contributed by atoms with Crippen molar-refractivity contribution >= 4 is 51.5 Å². The lowest BCUT2D eigenvalue weighted by molar-refractivity contribution is -0.0374. The number of rotatable bonds is 3. The van der Waals surface area contributed by atoms with E-state index in [1.807, 2.05) is 25.1 Å². The van der Waals surface area contributed by atoms with Crippen LogP contribution in [0.3, 0.4) is 0 Å². The van der Waals surface area contributed by atoms with Crippen LogP contribution in [-0.4, -0.2) is 23.2 Å². The quantitative estimate of drug-likeness (QED) is 0.441. The second kappa shape index (κ2) is 6.64. The van der Waals surface area contributed by atoms with Gasteiger partial charge in [-0.1, -0.05) is 11.6 Å². The van der Waals surface area contributed by atoms with E-state index in [2.05, 4.69) is 27.9 Å². The molecule has 0 heterocycles. The van der Waals surface area contributed by atoms with Gasteiger partial charge in [0, 0.05) is 21.3 Å².